The minimum Gasteiger partial charge on any atom is -0.469 e. The van der Waals surface area contributed by atoms with E-state index in [9.17, 15) is 9.59 Å². The molecule has 1 atom stereocenters. The highest BCUT2D eigenvalue weighted by atomic mass is 32.1. The second kappa shape index (κ2) is 6.88. The Balaban J connectivity index is 1.87. The number of furan rings is 1. The molecular weight excluding hydrogens is 326 g/mol. The molecule has 0 radical (unpaired) electrons. The zero-order valence-electron chi connectivity index (χ0n) is 13.4. The average molecular weight is 343 g/mol. The number of carbonyl (C=O) groups excluding carboxylic acids is 2. The van der Waals surface area contributed by atoms with E-state index in [1.807, 2.05) is 48.7 Å². The second-order valence-corrected chi connectivity index (χ2v) is 6.35. The van der Waals surface area contributed by atoms with Crippen molar-refractivity contribution in [2.24, 2.45) is 0 Å². The lowest BCUT2D eigenvalue weighted by atomic mass is 10.1. The average Bonchev–Trinajstić information content (AvgIpc) is 3.23. The van der Waals surface area contributed by atoms with Gasteiger partial charge in [0, 0.05) is 15.8 Å². The molecule has 5 nitrogen and oxygen atoms in total. The van der Waals surface area contributed by atoms with Crippen molar-refractivity contribution in [3.05, 3.63) is 58.0 Å². The molecule has 0 saturated heterocycles. The van der Waals surface area contributed by atoms with Crippen LogP contribution in [-0.2, 0) is 9.53 Å². The normalized spacial score (nSPS) is 12.1. The summed E-state index contributed by atoms with van der Waals surface area (Å²) in [6.07, 6.45) is 0.0715. The maximum atomic E-state index is 12.7. The maximum Gasteiger partial charge on any atom is 0.307 e. The molecular formula is C18H17NO4S. The number of thiophene rings is 1. The lowest BCUT2D eigenvalue weighted by molar-refractivity contribution is -0.141. The number of amides is 1. The van der Waals surface area contributed by atoms with Crippen molar-refractivity contribution >= 4 is 34.2 Å². The van der Waals surface area contributed by atoms with Crippen molar-refractivity contribution in [2.45, 2.75) is 19.4 Å². The van der Waals surface area contributed by atoms with Crippen molar-refractivity contribution in [1.82, 2.24) is 5.32 Å². The number of rotatable bonds is 5. The first kappa shape index (κ1) is 16.3. The largest absolute Gasteiger partial charge is 0.469 e. The number of ether oxygens (including phenoxy) is 1. The number of esters is 1. The molecule has 2 aromatic heterocycles. The van der Waals surface area contributed by atoms with Gasteiger partial charge < -0.3 is 14.5 Å². The van der Waals surface area contributed by atoms with Crippen LogP contribution in [0.1, 0.15) is 33.5 Å². The van der Waals surface area contributed by atoms with Gasteiger partial charge in [0.15, 0.2) is 5.76 Å². The summed E-state index contributed by atoms with van der Waals surface area (Å²) in [6.45, 7) is 1.85. The molecule has 2 heterocycles. The Morgan fingerprint density at radius 3 is 2.71 bits per heavy atom. The summed E-state index contributed by atoms with van der Waals surface area (Å²) >= 11 is 1.48. The fourth-order valence-electron chi connectivity index (χ4n) is 2.58. The highest BCUT2D eigenvalue weighted by molar-refractivity contribution is 7.10. The van der Waals surface area contributed by atoms with E-state index in [-0.39, 0.29) is 24.1 Å². The van der Waals surface area contributed by atoms with Crippen LogP contribution in [0.4, 0.5) is 0 Å². The first-order valence-electron chi connectivity index (χ1n) is 7.49. The third kappa shape index (κ3) is 3.19. The quantitative estimate of drug-likeness (QED) is 0.715. The lowest BCUT2D eigenvalue weighted by Crippen LogP contribution is -2.30. The van der Waals surface area contributed by atoms with Gasteiger partial charge in [-0.2, -0.15) is 0 Å². The van der Waals surface area contributed by atoms with E-state index in [0.29, 0.717) is 5.58 Å². The topological polar surface area (TPSA) is 68.5 Å². The van der Waals surface area contributed by atoms with Gasteiger partial charge in [0.05, 0.1) is 19.6 Å². The minimum atomic E-state index is -0.447. The molecule has 0 aliphatic carbocycles. The monoisotopic (exact) mass is 343 g/mol. The van der Waals surface area contributed by atoms with Crippen molar-refractivity contribution in [2.75, 3.05) is 7.11 Å². The van der Waals surface area contributed by atoms with Gasteiger partial charge >= 0.3 is 5.97 Å². The highest BCUT2D eigenvalue weighted by Gasteiger charge is 2.24. The molecule has 3 rings (SSSR count). The van der Waals surface area contributed by atoms with E-state index in [0.717, 1.165) is 15.8 Å². The van der Waals surface area contributed by atoms with Crippen LogP contribution in [0.3, 0.4) is 0 Å². The molecule has 0 bridgehead atoms. The molecule has 0 aliphatic heterocycles. The number of fused-ring (bicyclic) bond motifs is 1. The first-order chi connectivity index (χ1) is 11.6. The molecule has 124 valence electrons. The Morgan fingerprint density at radius 2 is 2.04 bits per heavy atom. The fraction of sp³-hybridized carbons (Fsp3) is 0.222. The van der Waals surface area contributed by atoms with Crippen molar-refractivity contribution in [1.29, 1.82) is 0 Å². The van der Waals surface area contributed by atoms with Crippen molar-refractivity contribution < 1.29 is 18.7 Å². The number of nitrogens with one attached hydrogen (secondary N) is 1. The summed E-state index contributed by atoms with van der Waals surface area (Å²) in [5.41, 5.74) is 1.45. The van der Waals surface area contributed by atoms with Gasteiger partial charge in [0.1, 0.15) is 5.58 Å². The molecule has 1 amide bonds. The standard InChI is InChI=1S/C18H17NO4S/c1-11-12-6-3-4-7-14(12)23-17(11)18(21)19-13(10-16(20)22-2)15-8-5-9-24-15/h3-9,13H,10H2,1-2H3,(H,19,21). The predicted molar refractivity (Wildman–Crippen MR) is 92.1 cm³/mol. The minimum absolute atomic E-state index is 0.0715. The zero-order valence-corrected chi connectivity index (χ0v) is 14.2. The van der Waals surface area contributed by atoms with Gasteiger partial charge in [-0.1, -0.05) is 24.3 Å². The van der Waals surface area contributed by atoms with E-state index in [1.165, 1.54) is 18.4 Å². The number of methoxy groups -OCH3 is 1. The molecule has 1 aromatic carbocycles. The van der Waals surface area contributed by atoms with Crippen molar-refractivity contribution in [3.63, 3.8) is 0 Å². The number of hydrogen-bond acceptors (Lipinski definition) is 5. The highest BCUT2D eigenvalue weighted by Crippen LogP contribution is 2.27. The van der Waals surface area contributed by atoms with E-state index in [1.54, 1.807) is 0 Å². The zero-order chi connectivity index (χ0) is 17.1. The third-order valence-corrected chi connectivity index (χ3v) is 4.83. The fourth-order valence-corrected chi connectivity index (χ4v) is 3.35. The smallest absolute Gasteiger partial charge is 0.307 e. The number of para-hydroxylation sites is 1. The van der Waals surface area contributed by atoms with Crippen LogP contribution in [0.2, 0.25) is 0 Å². The van der Waals surface area contributed by atoms with E-state index in [4.69, 9.17) is 9.15 Å². The summed E-state index contributed by atoms with van der Waals surface area (Å²) in [7, 11) is 1.33. The van der Waals surface area contributed by atoms with E-state index in [2.05, 4.69) is 5.32 Å². The Kier molecular flexibility index (Phi) is 4.66. The van der Waals surface area contributed by atoms with Gasteiger partial charge in [-0.05, 0) is 24.4 Å². The third-order valence-electron chi connectivity index (χ3n) is 3.84. The SMILES string of the molecule is COC(=O)CC(NC(=O)c1oc2ccccc2c1C)c1cccs1. The summed E-state index contributed by atoms with van der Waals surface area (Å²) in [5.74, 6) is -0.455. The summed E-state index contributed by atoms with van der Waals surface area (Å²) in [4.78, 5) is 25.2. The second-order valence-electron chi connectivity index (χ2n) is 5.37. The Labute approximate surface area is 143 Å². The number of benzene rings is 1. The summed E-state index contributed by atoms with van der Waals surface area (Å²) in [6, 6.07) is 10.8. The molecule has 0 fully saturated rings. The lowest BCUT2D eigenvalue weighted by Gasteiger charge is -2.15. The Hall–Kier alpha value is -2.60. The number of hydrogen-bond donors (Lipinski definition) is 1. The molecule has 6 heteroatoms. The molecule has 0 saturated carbocycles. The van der Waals surface area contributed by atoms with Crippen molar-refractivity contribution in [3.8, 4) is 0 Å². The van der Waals surface area contributed by atoms with Gasteiger partial charge in [0.25, 0.3) is 5.91 Å². The molecule has 24 heavy (non-hydrogen) atoms. The van der Waals surface area contributed by atoms with Gasteiger partial charge in [-0.3, -0.25) is 9.59 Å². The number of carbonyl (C=O) groups is 2. The van der Waals surface area contributed by atoms with Crippen LogP contribution in [0, 0.1) is 6.92 Å². The van der Waals surface area contributed by atoms with Crippen LogP contribution < -0.4 is 5.32 Å². The first-order valence-corrected chi connectivity index (χ1v) is 8.37. The Bertz CT molecular complexity index is 866. The van der Waals surface area contributed by atoms with Crippen LogP contribution in [0.25, 0.3) is 11.0 Å². The number of aryl methyl sites for hydroxylation is 1. The molecule has 1 N–H and O–H groups in total. The molecule has 3 aromatic rings. The van der Waals surface area contributed by atoms with Crippen LogP contribution >= 0.6 is 11.3 Å². The van der Waals surface area contributed by atoms with Crippen LogP contribution in [0.5, 0.6) is 0 Å². The predicted octanol–water partition coefficient (Wildman–Crippen LogP) is 3.84. The van der Waals surface area contributed by atoms with Crippen LogP contribution in [0.15, 0.2) is 46.2 Å². The summed E-state index contributed by atoms with van der Waals surface area (Å²) in [5, 5.41) is 5.69. The molecule has 0 aliphatic rings. The van der Waals surface area contributed by atoms with Gasteiger partial charge in [-0.15, -0.1) is 11.3 Å². The van der Waals surface area contributed by atoms with E-state index >= 15 is 0 Å². The van der Waals surface area contributed by atoms with Gasteiger partial charge in [-0.25, -0.2) is 0 Å². The maximum absolute atomic E-state index is 12.7. The summed E-state index contributed by atoms with van der Waals surface area (Å²) < 4.78 is 10.4. The van der Waals surface area contributed by atoms with Crippen LogP contribution in [-0.4, -0.2) is 19.0 Å². The molecule has 1 unspecified atom stereocenters. The van der Waals surface area contributed by atoms with Gasteiger partial charge in [0.2, 0.25) is 0 Å². The molecule has 0 spiro atoms. The van der Waals surface area contributed by atoms with E-state index < -0.39 is 6.04 Å². The Morgan fingerprint density at radius 1 is 1.25 bits per heavy atom.